The van der Waals surface area contributed by atoms with Crippen LogP contribution in [0.25, 0.3) is 0 Å². The topological polar surface area (TPSA) is 33.4 Å². The molecule has 0 amide bonds. The molecule has 4 nitrogen and oxygen atoms in total. The monoisotopic (exact) mass is 380 g/mol. The molecule has 1 saturated carbocycles. The lowest BCUT2D eigenvalue weighted by Gasteiger charge is -2.34. The minimum absolute atomic E-state index is 0.0975. The van der Waals surface area contributed by atoms with Gasteiger partial charge in [-0.15, -0.1) is 0 Å². The van der Waals surface area contributed by atoms with Crippen LogP contribution in [-0.2, 0) is 0 Å². The summed E-state index contributed by atoms with van der Waals surface area (Å²) in [5.74, 6) is 1.16. The van der Waals surface area contributed by atoms with Crippen molar-refractivity contribution in [2.45, 2.75) is 69.6 Å². The van der Waals surface area contributed by atoms with Gasteiger partial charge in [-0.2, -0.15) is 0 Å². The van der Waals surface area contributed by atoms with E-state index in [2.05, 4.69) is 51.8 Å². The second kappa shape index (κ2) is 7.34. The standard InChI is InChI=1S/C22H28N4S/c1-2-16-15-27-22-24-20(18-11-6-7-13-23-18)21(26(16)22)19-12-8-14-25(19)17-9-4-3-5-10-17/h6-8,11-14,16-17,20-21H,2-5,9-10,15H2,1H3/t16-,20+,21-/m1/s1. The predicted molar refractivity (Wildman–Crippen MR) is 112 cm³/mol. The Balaban J connectivity index is 1.56. The Morgan fingerprint density at radius 1 is 1.11 bits per heavy atom. The van der Waals surface area contributed by atoms with Crippen LogP contribution in [0.5, 0.6) is 0 Å². The fraction of sp³-hybridized carbons (Fsp3) is 0.545. The van der Waals surface area contributed by atoms with Crippen molar-refractivity contribution in [3.05, 3.63) is 54.1 Å². The molecule has 27 heavy (non-hydrogen) atoms. The van der Waals surface area contributed by atoms with E-state index in [0.29, 0.717) is 12.1 Å². The summed E-state index contributed by atoms with van der Waals surface area (Å²) in [5.41, 5.74) is 2.52. The Morgan fingerprint density at radius 3 is 2.78 bits per heavy atom. The van der Waals surface area contributed by atoms with Crippen LogP contribution in [0.4, 0.5) is 0 Å². The molecule has 2 aliphatic heterocycles. The molecule has 2 fully saturated rings. The van der Waals surface area contributed by atoms with E-state index in [4.69, 9.17) is 4.99 Å². The zero-order valence-corrected chi connectivity index (χ0v) is 16.8. The molecular weight excluding hydrogens is 352 g/mol. The van der Waals surface area contributed by atoms with E-state index in [-0.39, 0.29) is 12.1 Å². The second-order valence-electron chi connectivity index (χ2n) is 7.97. The molecule has 0 radical (unpaired) electrons. The lowest BCUT2D eigenvalue weighted by atomic mass is 9.94. The SMILES string of the molecule is CC[C@@H]1CSC2=N[C@@H](c3ccccn3)[C@@H](c3cccn3C3CCCCC3)N21. The van der Waals surface area contributed by atoms with Gasteiger partial charge in [-0.1, -0.05) is 44.0 Å². The zero-order chi connectivity index (χ0) is 18.2. The first-order chi connectivity index (χ1) is 13.4. The quantitative estimate of drug-likeness (QED) is 0.715. The smallest absolute Gasteiger partial charge is 0.160 e. The van der Waals surface area contributed by atoms with E-state index in [0.717, 1.165) is 11.4 Å². The first-order valence-corrected chi connectivity index (χ1v) is 11.4. The van der Waals surface area contributed by atoms with E-state index < -0.39 is 0 Å². The van der Waals surface area contributed by atoms with Crippen molar-refractivity contribution >= 4 is 16.9 Å². The lowest BCUT2D eigenvalue weighted by Crippen LogP contribution is -2.36. The highest BCUT2D eigenvalue weighted by Gasteiger charge is 2.46. The van der Waals surface area contributed by atoms with Gasteiger partial charge in [0.05, 0.1) is 11.7 Å². The van der Waals surface area contributed by atoms with Gasteiger partial charge in [0.1, 0.15) is 6.04 Å². The number of aromatic nitrogens is 2. The Hall–Kier alpha value is -1.75. The average Bonchev–Trinajstić information content (AvgIpc) is 3.44. The number of fused-ring (bicyclic) bond motifs is 1. The first kappa shape index (κ1) is 17.4. The molecule has 0 bridgehead atoms. The van der Waals surface area contributed by atoms with Crippen LogP contribution in [0, 0.1) is 0 Å². The second-order valence-corrected chi connectivity index (χ2v) is 8.96. The van der Waals surface area contributed by atoms with E-state index in [1.165, 1.54) is 49.4 Å². The highest BCUT2D eigenvalue weighted by Crippen LogP contribution is 2.49. The maximum absolute atomic E-state index is 5.17. The van der Waals surface area contributed by atoms with Gasteiger partial charge in [-0.3, -0.25) is 9.98 Å². The third-order valence-electron chi connectivity index (χ3n) is 6.41. The number of nitrogens with zero attached hydrogens (tertiary/aromatic N) is 4. The van der Waals surface area contributed by atoms with Crippen LogP contribution in [0.1, 0.15) is 75.0 Å². The maximum Gasteiger partial charge on any atom is 0.160 e. The van der Waals surface area contributed by atoms with Crippen LogP contribution in [0.2, 0.25) is 0 Å². The lowest BCUT2D eigenvalue weighted by molar-refractivity contribution is 0.235. The van der Waals surface area contributed by atoms with Crippen LogP contribution in [0.15, 0.2) is 47.7 Å². The highest BCUT2D eigenvalue weighted by molar-refractivity contribution is 8.14. The van der Waals surface area contributed by atoms with Gasteiger partial charge in [0.2, 0.25) is 0 Å². The van der Waals surface area contributed by atoms with Gasteiger partial charge in [0.25, 0.3) is 0 Å². The van der Waals surface area contributed by atoms with Gasteiger partial charge in [-0.05, 0) is 43.5 Å². The van der Waals surface area contributed by atoms with Gasteiger partial charge < -0.3 is 9.47 Å². The molecule has 3 atom stereocenters. The molecular formula is C22H28N4S. The van der Waals surface area contributed by atoms with Crippen LogP contribution in [-0.4, -0.2) is 31.4 Å². The fourth-order valence-electron chi connectivity index (χ4n) is 5.02. The van der Waals surface area contributed by atoms with Gasteiger partial charge >= 0.3 is 0 Å². The number of amidine groups is 1. The Bertz CT molecular complexity index is 809. The molecule has 2 aromatic rings. The van der Waals surface area contributed by atoms with Crippen molar-refractivity contribution < 1.29 is 0 Å². The van der Waals surface area contributed by atoms with Crippen molar-refractivity contribution in [1.29, 1.82) is 0 Å². The predicted octanol–water partition coefficient (Wildman–Crippen LogP) is 5.37. The summed E-state index contributed by atoms with van der Waals surface area (Å²) in [6.07, 6.45) is 12.1. The van der Waals surface area contributed by atoms with Crippen molar-refractivity contribution in [3.63, 3.8) is 0 Å². The maximum atomic E-state index is 5.17. The molecule has 0 aromatic carbocycles. The fourth-order valence-corrected chi connectivity index (χ4v) is 6.36. The third kappa shape index (κ3) is 3.00. The van der Waals surface area contributed by atoms with Crippen molar-refractivity contribution in [2.75, 3.05) is 5.75 Å². The molecule has 0 N–H and O–H groups in total. The minimum Gasteiger partial charge on any atom is -0.346 e. The summed E-state index contributed by atoms with van der Waals surface area (Å²) in [6.45, 7) is 2.31. The molecule has 4 heterocycles. The Kier molecular flexibility index (Phi) is 4.72. The molecule has 5 rings (SSSR count). The van der Waals surface area contributed by atoms with E-state index in [9.17, 15) is 0 Å². The van der Waals surface area contributed by atoms with Crippen LogP contribution < -0.4 is 0 Å². The summed E-state index contributed by atoms with van der Waals surface area (Å²) in [7, 11) is 0. The summed E-state index contributed by atoms with van der Waals surface area (Å²) < 4.78 is 2.58. The number of hydrogen-bond donors (Lipinski definition) is 0. The summed E-state index contributed by atoms with van der Waals surface area (Å²) in [4.78, 5) is 12.5. The summed E-state index contributed by atoms with van der Waals surface area (Å²) in [5, 5.41) is 1.22. The zero-order valence-electron chi connectivity index (χ0n) is 16.0. The van der Waals surface area contributed by atoms with Gasteiger partial charge in [0, 0.05) is 35.9 Å². The number of rotatable bonds is 4. The molecule has 142 valence electrons. The molecule has 0 unspecified atom stereocenters. The molecule has 3 aliphatic rings. The normalized spacial score (nSPS) is 28.4. The number of thioether (sulfide) groups is 1. The largest absolute Gasteiger partial charge is 0.346 e. The van der Waals surface area contributed by atoms with Gasteiger partial charge in [-0.25, -0.2) is 0 Å². The Labute approximate surface area is 166 Å². The van der Waals surface area contributed by atoms with Crippen molar-refractivity contribution in [3.8, 4) is 0 Å². The summed E-state index contributed by atoms with van der Waals surface area (Å²) in [6, 6.07) is 12.4. The van der Waals surface area contributed by atoms with E-state index in [1.807, 2.05) is 24.0 Å². The minimum atomic E-state index is 0.0975. The number of pyridine rings is 1. The molecule has 1 aliphatic carbocycles. The molecule has 2 aromatic heterocycles. The first-order valence-electron chi connectivity index (χ1n) is 10.4. The van der Waals surface area contributed by atoms with Crippen molar-refractivity contribution in [2.24, 2.45) is 4.99 Å². The number of aliphatic imine (C=N–C) groups is 1. The third-order valence-corrected chi connectivity index (χ3v) is 7.54. The van der Waals surface area contributed by atoms with Crippen molar-refractivity contribution in [1.82, 2.24) is 14.5 Å². The van der Waals surface area contributed by atoms with Gasteiger partial charge in [0.15, 0.2) is 5.17 Å². The van der Waals surface area contributed by atoms with E-state index >= 15 is 0 Å². The average molecular weight is 381 g/mol. The molecule has 1 saturated heterocycles. The van der Waals surface area contributed by atoms with Crippen LogP contribution >= 0.6 is 11.8 Å². The van der Waals surface area contributed by atoms with Crippen LogP contribution in [0.3, 0.4) is 0 Å². The summed E-state index contributed by atoms with van der Waals surface area (Å²) >= 11 is 1.93. The molecule has 0 spiro atoms. The highest BCUT2D eigenvalue weighted by atomic mass is 32.2. The Morgan fingerprint density at radius 2 is 2.00 bits per heavy atom. The molecule has 5 heteroatoms. The van der Waals surface area contributed by atoms with E-state index in [1.54, 1.807) is 0 Å². The number of hydrogen-bond acceptors (Lipinski definition) is 4.